The minimum absolute atomic E-state index is 0.0512. The van der Waals surface area contributed by atoms with Crippen molar-refractivity contribution in [1.29, 1.82) is 0 Å². The lowest BCUT2D eigenvalue weighted by Crippen LogP contribution is -2.41. The van der Waals surface area contributed by atoms with Crippen LogP contribution in [0.5, 0.6) is 5.75 Å². The third-order valence-corrected chi connectivity index (χ3v) is 6.88. The smallest absolute Gasteiger partial charge is 0.241 e. The molecule has 2 fully saturated rings. The molecule has 3 rings (SSSR count). The molecule has 1 atom stereocenters. The SMILES string of the molecule is CC1CCC(NS(=O)(=O)CC(=O)Nc2ccccc2OCC2CCCCO2)CC1. The van der Waals surface area contributed by atoms with Crippen LogP contribution in [0.15, 0.2) is 24.3 Å². The summed E-state index contributed by atoms with van der Waals surface area (Å²) >= 11 is 0. The molecule has 29 heavy (non-hydrogen) atoms. The van der Waals surface area contributed by atoms with Crippen LogP contribution in [0.25, 0.3) is 0 Å². The normalized spacial score (nSPS) is 25.3. The van der Waals surface area contributed by atoms with E-state index in [0.29, 0.717) is 24.0 Å². The van der Waals surface area contributed by atoms with Crippen LogP contribution in [0.1, 0.15) is 51.9 Å². The lowest BCUT2D eigenvalue weighted by molar-refractivity contribution is -0.113. The number of ether oxygens (including phenoxy) is 2. The number of carbonyl (C=O) groups excluding carboxylic acids is 1. The van der Waals surface area contributed by atoms with Gasteiger partial charge in [-0.15, -0.1) is 0 Å². The van der Waals surface area contributed by atoms with Crippen LogP contribution in [0, 0.1) is 5.92 Å². The molecule has 8 heteroatoms. The van der Waals surface area contributed by atoms with Gasteiger partial charge in [0.2, 0.25) is 15.9 Å². The first-order chi connectivity index (χ1) is 13.9. The van der Waals surface area contributed by atoms with Gasteiger partial charge in [0.05, 0.1) is 11.8 Å². The van der Waals surface area contributed by atoms with Crippen molar-refractivity contribution in [2.75, 3.05) is 24.3 Å². The molecule has 162 valence electrons. The average Bonchev–Trinajstić information content (AvgIpc) is 2.69. The van der Waals surface area contributed by atoms with Crippen LogP contribution in [-0.4, -0.2) is 45.4 Å². The Bertz CT molecular complexity index is 769. The molecule has 1 amide bonds. The predicted octanol–water partition coefficient (Wildman–Crippen LogP) is 3.07. The van der Waals surface area contributed by atoms with Gasteiger partial charge in [-0.1, -0.05) is 19.1 Å². The van der Waals surface area contributed by atoms with E-state index in [9.17, 15) is 13.2 Å². The van der Waals surface area contributed by atoms with E-state index in [2.05, 4.69) is 17.0 Å². The number of sulfonamides is 1. The van der Waals surface area contributed by atoms with Crippen LogP contribution in [0.2, 0.25) is 0 Å². The molecule has 1 aromatic rings. The first-order valence-electron chi connectivity index (χ1n) is 10.5. The van der Waals surface area contributed by atoms with Crippen molar-refractivity contribution in [3.63, 3.8) is 0 Å². The number of hydrogen-bond donors (Lipinski definition) is 2. The summed E-state index contributed by atoms with van der Waals surface area (Å²) in [6, 6.07) is 6.98. The van der Waals surface area contributed by atoms with Gasteiger partial charge in [0.15, 0.2) is 0 Å². The Hall–Kier alpha value is -1.64. The zero-order chi connectivity index (χ0) is 20.7. The van der Waals surface area contributed by atoms with Gasteiger partial charge in [0, 0.05) is 12.6 Å². The van der Waals surface area contributed by atoms with Crippen LogP contribution >= 0.6 is 0 Å². The van der Waals surface area contributed by atoms with E-state index in [1.807, 2.05) is 6.07 Å². The fraction of sp³-hybridized carbons (Fsp3) is 0.667. The summed E-state index contributed by atoms with van der Waals surface area (Å²) in [6.07, 6.45) is 6.87. The van der Waals surface area contributed by atoms with Gasteiger partial charge < -0.3 is 14.8 Å². The summed E-state index contributed by atoms with van der Waals surface area (Å²) in [5.74, 6) is -0.0260. The largest absolute Gasteiger partial charge is 0.489 e. The summed E-state index contributed by atoms with van der Waals surface area (Å²) in [7, 11) is -3.68. The molecule has 2 aliphatic rings. The van der Waals surface area contributed by atoms with E-state index in [4.69, 9.17) is 9.47 Å². The van der Waals surface area contributed by atoms with Crippen molar-refractivity contribution in [2.45, 2.75) is 64.0 Å². The van der Waals surface area contributed by atoms with E-state index < -0.39 is 21.7 Å². The van der Waals surface area contributed by atoms with Gasteiger partial charge in [0.1, 0.15) is 18.1 Å². The quantitative estimate of drug-likeness (QED) is 0.669. The number of anilines is 1. The maximum absolute atomic E-state index is 12.4. The Kier molecular flexibility index (Phi) is 7.91. The number of hydrogen-bond acceptors (Lipinski definition) is 5. The first-order valence-corrected chi connectivity index (χ1v) is 12.2. The number of nitrogens with one attached hydrogen (secondary N) is 2. The summed E-state index contributed by atoms with van der Waals surface area (Å²) in [5, 5.41) is 2.67. The van der Waals surface area contributed by atoms with E-state index in [0.717, 1.165) is 51.6 Å². The molecule has 0 spiro atoms. The fourth-order valence-corrected chi connectivity index (χ4v) is 5.09. The highest BCUT2D eigenvalue weighted by Crippen LogP contribution is 2.26. The highest BCUT2D eigenvalue weighted by atomic mass is 32.2. The van der Waals surface area contributed by atoms with Crippen molar-refractivity contribution in [3.05, 3.63) is 24.3 Å². The first kappa shape index (κ1) is 22.1. The van der Waals surface area contributed by atoms with Gasteiger partial charge in [0.25, 0.3) is 0 Å². The lowest BCUT2D eigenvalue weighted by atomic mass is 9.88. The van der Waals surface area contributed by atoms with Gasteiger partial charge in [-0.25, -0.2) is 13.1 Å². The number of para-hydroxylation sites is 2. The Labute approximate surface area is 173 Å². The van der Waals surface area contributed by atoms with Crippen molar-refractivity contribution in [2.24, 2.45) is 5.92 Å². The molecule has 0 radical (unpaired) electrons. The standard InChI is InChI=1S/C21H32N2O5S/c1-16-9-11-17(12-10-16)23-29(25,26)15-21(24)22-19-7-2-3-8-20(19)28-14-18-6-4-5-13-27-18/h2-3,7-8,16-18,23H,4-6,9-15H2,1H3,(H,22,24). The van der Waals surface area contributed by atoms with E-state index in [1.54, 1.807) is 18.2 Å². The summed E-state index contributed by atoms with van der Waals surface area (Å²) in [4.78, 5) is 12.4. The topological polar surface area (TPSA) is 93.7 Å². The molecule has 2 N–H and O–H groups in total. The molecule has 1 heterocycles. The third kappa shape index (κ3) is 7.28. The molecule has 1 aliphatic heterocycles. The Morgan fingerprint density at radius 2 is 1.90 bits per heavy atom. The van der Waals surface area contributed by atoms with E-state index in [1.165, 1.54) is 0 Å². The van der Waals surface area contributed by atoms with Crippen molar-refractivity contribution >= 4 is 21.6 Å². The van der Waals surface area contributed by atoms with Crippen LogP contribution in [0.4, 0.5) is 5.69 Å². The molecule has 0 bridgehead atoms. The molecule has 7 nitrogen and oxygen atoms in total. The Morgan fingerprint density at radius 3 is 2.62 bits per heavy atom. The zero-order valence-corrected chi connectivity index (χ0v) is 17.9. The number of rotatable bonds is 8. The number of benzene rings is 1. The highest BCUT2D eigenvalue weighted by Gasteiger charge is 2.25. The summed E-state index contributed by atoms with van der Waals surface area (Å²) in [6.45, 7) is 3.34. The summed E-state index contributed by atoms with van der Waals surface area (Å²) < 4.78 is 38.9. The van der Waals surface area contributed by atoms with Crippen LogP contribution in [-0.2, 0) is 19.6 Å². The fourth-order valence-electron chi connectivity index (χ4n) is 3.85. The third-order valence-electron chi connectivity index (χ3n) is 5.54. The van der Waals surface area contributed by atoms with Crippen molar-refractivity contribution < 1.29 is 22.7 Å². The number of amides is 1. The second-order valence-corrected chi connectivity index (χ2v) is 9.93. The van der Waals surface area contributed by atoms with Crippen molar-refractivity contribution in [1.82, 2.24) is 4.72 Å². The Balaban J connectivity index is 1.51. The lowest BCUT2D eigenvalue weighted by Gasteiger charge is -2.26. The average molecular weight is 425 g/mol. The van der Waals surface area contributed by atoms with E-state index in [-0.39, 0.29) is 12.1 Å². The molecular weight excluding hydrogens is 392 g/mol. The van der Waals surface area contributed by atoms with Gasteiger partial charge in [-0.05, 0) is 63.0 Å². The van der Waals surface area contributed by atoms with E-state index >= 15 is 0 Å². The van der Waals surface area contributed by atoms with Gasteiger partial charge in [-0.3, -0.25) is 4.79 Å². The number of carbonyl (C=O) groups is 1. The van der Waals surface area contributed by atoms with Gasteiger partial charge in [-0.2, -0.15) is 0 Å². The van der Waals surface area contributed by atoms with Gasteiger partial charge >= 0.3 is 0 Å². The zero-order valence-electron chi connectivity index (χ0n) is 17.1. The van der Waals surface area contributed by atoms with Crippen molar-refractivity contribution in [3.8, 4) is 5.75 Å². The minimum atomic E-state index is -3.68. The molecule has 1 saturated carbocycles. The molecule has 1 aliphatic carbocycles. The molecule has 1 unspecified atom stereocenters. The predicted molar refractivity (Wildman–Crippen MR) is 113 cm³/mol. The van der Waals surface area contributed by atoms with Crippen LogP contribution < -0.4 is 14.8 Å². The molecular formula is C21H32N2O5S. The monoisotopic (exact) mass is 424 g/mol. The Morgan fingerprint density at radius 1 is 1.14 bits per heavy atom. The second kappa shape index (κ2) is 10.4. The summed E-state index contributed by atoms with van der Waals surface area (Å²) in [5.41, 5.74) is 0.468. The minimum Gasteiger partial charge on any atom is -0.489 e. The maximum Gasteiger partial charge on any atom is 0.241 e. The molecule has 1 aromatic carbocycles. The highest BCUT2D eigenvalue weighted by molar-refractivity contribution is 7.90. The molecule has 0 aromatic heterocycles. The van der Waals surface area contributed by atoms with Crippen LogP contribution in [0.3, 0.4) is 0 Å². The maximum atomic E-state index is 12.4. The second-order valence-electron chi connectivity index (χ2n) is 8.18. The molecule has 1 saturated heterocycles.